The molecule has 1 saturated heterocycles. The van der Waals surface area contributed by atoms with Crippen molar-refractivity contribution in [3.63, 3.8) is 0 Å². The van der Waals surface area contributed by atoms with Gasteiger partial charge in [-0.05, 0) is 44.0 Å². The predicted octanol–water partition coefficient (Wildman–Crippen LogP) is 4.86. The first kappa shape index (κ1) is 20.3. The molecule has 1 N–H and O–H groups in total. The Balaban J connectivity index is 1.56. The molecule has 3 amide bonds. The van der Waals surface area contributed by atoms with Crippen LogP contribution in [0.3, 0.4) is 0 Å². The van der Waals surface area contributed by atoms with Gasteiger partial charge in [0, 0.05) is 17.4 Å². The van der Waals surface area contributed by atoms with Crippen LogP contribution in [-0.4, -0.2) is 35.5 Å². The normalized spacial score (nSPS) is 18.2. The van der Waals surface area contributed by atoms with Gasteiger partial charge in [-0.1, -0.05) is 37.0 Å². The van der Waals surface area contributed by atoms with Crippen LogP contribution < -0.4 is 10.2 Å². The molecule has 5 nitrogen and oxygen atoms in total. The zero-order chi connectivity index (χ0) is 21.3. The van der Waals surface area contributed by atoms with Crippen molar-refractivity contribution in [1.82, 2.24) is 4.90 Å². The van der Waals surface area contributed by atoms with Crippen LogP contribution in [0.5, 0.6) is 0 Å². The fourth-order valence-electron chi connectivity index (χ4n) is 4.57. The first-order valence-corrected chi connectivity index (χ1v) is 10.3. The molecule has 2 aromatic rings. The lowest BCUT2D eigenvalue weighted by Gasteiger charge is -2.39. The third-order valence-electron chi connectivity index (χ3n) is 6.06. The maximum Gasteiger partial charge on any atom is 0.325 e. The summed E-state index contributed by atoms with van der Waals surface area (Å²) < 4.78 is 26.9. The lowest BCUT2D eigenvalue weighted by atomic mass is 9.81. The predicted molar refractivity (Wildman–Crippen MR) is 111 cm³/mol. The van der Waals surface area contributed by atoms with Crippen molar-refractivity contribution in [1.29, 1.82) is 0 Å². The molecule has 0 bridgehead atoms. The molecule has 0 unspecified atom stereocenters. The molecule has 1 aliphatic carbocycles. The molecule has 2 fully saturated rings. The zero-order valence-corrected chi connectivity index (χ0v) is 17.0. The summed E-state index contributed by atoms with van der Waals surface area (Å²) in [5, 5.41) is 2.52. The van der Waals surface area contributed by atoms with Gasteiger partial charge in [-0.15, -0.1) is 0 Å². The smallest absolute Gasteiger partial charge is 0.324 e. The van der Waals surface area contributed by atoms with E-state index in [2.05, 4.69) is 5.32 Å². The van der Waals surface area contributed by atoms with Gasteiger partial charge in [0.1, 0.15) is 18.2 Å². The number of aryl methyl sites for hydroxylation is 1. The van der Waals surface area contributed by atoms with Crippen molar-refractivity contribution >= 4 is 23.3 Å². The van der Waals surface area contributed by atoms with E-state index in [9.17, 15) is 18.4 Å². The highest BCUT2D eigenvalue weighted by Gasteiger charge is 2.50. The molecule has 7 heteroatoms. The largest absolute Gasteiger partial charge is 0.325 e. The summed E-state index contributed by atoms with van der Waals surface area (Å²) in [5.74, 6) is -2.00. The lowest BCUT2D eigenvalue weighted by Crippen LogP contribution is -2.51. The molecular formula is C23H25F2N3O2. The number of hydrogen-bond donors (Lipinski definition) is 1. The average molecular weight is 413 g/mol. The summed E-state index contributed by atoms with van der Waals surface area (Å²) in [6.45, 7) is 2.38. The number of nitrogens with zero attached hydrogens (tertiary/aromatic N) is 2. The first-order valence-electron chi connectivity index (χ1n) is 10.3. The van der Waals surface area contributed by atoms with Crippen LogP contribution in [0.2, 0.25) is 0 Å². The van der Waals surface area contributed by atoms with E-state index in [0.29, 0.717) is 6.54 Å². The first-order chi connectivity index (χ1) is 14.4. The standard InChI is InChI=1S/C23H25F2N3O2/c1-16-5-7-20(8-6-16)27-15-23(9-3-2-4-10-23)28(22(27)30)14-21(29)26-19-12-17(24)11-18(25)13-19/h5-8,11-13H,2-4,9-10,14-15H2,1H3,(H,26,29). The van der Waals surface area contributed by atoms with Gasteiger partial charge < -0.3 is 10.2 Å². The maximum absolute atomic E-state index is 13.4. The number of halogens is 2. The Hall–Kier alpha value is -2.96. The fraction of sp³-hybridized carbons (Fsp3) is 0.391. The minimum absolute atomic E-state index is 0.0391. The number of rotatable bonds is 4. The topological polar surface area (TPSA) is 52.6 Å². The van der Waals surface area contributed by atoms with E-state index in [-0.39, 0.29) is 18.3 Å². The van der Waals surface area contributed by atoms with E-state index >= 15 is 0 Å². The molecule has 1 saturated carbocycles. The second-order valence-corrected chi connectivity index (χ2v) is 8.28. The third-order valence-corrected chi connectivity index (χ3v) is 6.06. The van der Waals surface area contributed by atoms with Gasteiger partial charge in [-0.2, -0.15) is 0 Å². The molecule has 0 aromatic heterocycles. The molecule has 0 atom stereocenters. The summed E-state index contributed by atoms with van der Waals surface area (Å²) in [5.41, 5.74) is 1.56. The van der Waals surface area contributed by atoms with E-state index in [4.69, 9.17) is 0 Å². The van der Waals surface area contributed by atoms with Gasteiger partial charge in [0.05, 0.1) is 12.1 Å². The van der Waals surface area contributed by atoms with Crippen LogP contribution in [0.4, 0.5) is 25.0 Å². The summed E-state index contributed by atoms with van der Waals surface area (Å²) in [6.07, 6.45) is 4.79. The van der Waals surface area contributed by atoms with Crippen LogP contribution >= 0.6 is 0 Å². The van der Waals surface area contributed by atoms with Crippen LogP contribution in [0.25, 0.3) is 0 Å². The number of carbonyl (C=O) groups excluding carboxylic acids is 2. The number of benzene rings is 2. The van der Waals surface area contributed by atoms with E-state index < -0.39 is 23.1 Å². The van der Waals surface area contributed by atoms with E-state index in [1.807, 2.05) is 31.2 Å². The van der Waals surface area contributed by atoms with Crippen molar-refractivity contribution in [3.8, 4) is 0 Å². The second-order valence-electron chi connectivity index (χ2n) is 8.28. The summed E-state index contributed by atoms with van der Waals surface area (Å²) >= 11 is 0. The Bertz CT molecular complexity index is 935. The van der Waals surface area contributed by atoms with Crippen LogP contribution in [0.1, 0.15) is 37.7 Å². The maximum atomic E-state index is 13.4. The number of amides is 3. The quantitative estimate of drug-likeness (QED) is 0.779. The third kappa shape index (κ3) is 4.01. The van der Waals surface area contributed by atoms with Crippen molar-refractivity contribution in [2.45, 2.75) is 44.6 Å². The van der Waals surface area contributed by atoms with Crippen molar-refractivity contribution in [2.75, 3.05) is 23.3 Å². The second kappa shape index (κ2) is 8.05. The molecule has 158 valence electrons. The molecule has 2 aromatic carbocycles. The van der Waals surface area contributed by atoms with E-state index in [1.54, 1.807) is 9.80 Å². The highest BCUT2D eigenvalue weighted by atomic mass is 19.1. The SMILES string of the molecule is Cc1ccc(N2CC3(CCCCC3)N(CC(=O)Nc3cc(F)cc(F)c3)C2=O)cc1. The number of nitrogens with one attached hydrogen (secondary N) is 1. The van der Waals surface area contributed by atoms with Crippen LogP contribution in [0, 0.1) is 18.6 Å². The monoisotopic (exact) mass is 413 g/mol. The highest BCUT2D eigenvalue weighted by Crippen LogP contribution is 2.41. The number of urea groups is 1. The molecule has 2 aliphatic rings. The Kier molecular flexibility index (Phi) is 5.45. The summed E-state index contributed by atoms with van der Waals surface area (Å²) in [6, 6.07) is 10.4. The van der Waals surface area contributed by atoms with Crippen molar-refractivity contribution in [3.05, 3.63) is 59.7 Å². The van der Waals surface area contributed by atoms with E-state index in [0.717, 1.165) is 61.6 Å². The Morgan fingerprint density at radius 3 is 2.30 bits per heavy atom. The van der Waals surface area contributed by atoms with Crippen LogP contribution in [0.15, 0.2) is 42.5 Å². The van der Waals surface area contributed by atoms with Gasteiger partial charge in [0.15, 0.2) is 0 Å². The van der Waals surface area contributed by atoms with Gasteiger partial charge in [0.2, 0.25) is 5.91 Å². The van der Waals surface area contributed by atoms with Gasteiger partial charge in [-0.25, -0.2) is 13.6 Å². The highest BCUT2D eigenvalue weighted by molar-refractivity contribution is 6.00. The van der Waals surface area contributed by atoms with Crippen LogP contribution in [-0.2, 0) is 4.79 Å². The number of hydrogen-bond acceptors (Lipinski definition) is 2. The Morgan fingerprint density at radius 1 is 1.03 bits per heavy atom. The van der Waals surface area contributed by atoms with Crippen molar-refractivity contribution < 1.29 is 18.4 Å². The minimum atomic E-state index is -0.767. The average Bonchev–Trinajstić information content (AvgIpc) is 2.94. The molecule has 1 heterocycles. The molecule has 1 spiro atoms. The number of anilines is 2. The molecule has 1 aliphatic heterocycles. The lowest BCUT2D eigenvalue weighted by molar-refractivity contribution is -0.117. The van der Waals surface area contributed by atoms with Crippen molar-refractivity contribution in [2.24, 2.45) is 0 Å². The summed E-state index contributed by atoms with van der Waals surface area (Å²) in [4.78, 5) is 29.4. The molecule has 0 radical (unpaired) electrons. The van der Waals surface area contributed by atoms with E-state index in [1.165, 1.54) is 0 Å². The fourth-order valence-corrected chi connectivity index (χ4v) is 4.57. The number of carbonyl (C=O) groups is 2. The minimum Gasteiger partial charge on any atom is -0.324 e. The molecule has 4 rings (SSSR count). The van der Waals surface area contributed by atoms with Gasteiger partial charge in [0.25, 0.3) is 0 Å². The Labute approximate surface area is 174 Å². The van der Waals surface area contributed by atoms with Gasteiger partial charge in [-0.3, -0.25) is 9.69 Å². The molecule has 30 heavy (non-hydrogen) atoms. The van der Waals surface area contributed by atoms with Gasteiger partial charge >= 0.3 is 6.03 Å². The Morgan fingerprint density at radius 2 is 1.67 bits per heavy atom. The zero-order valence-electron chi connectivity index (χ0n) is 17.0. The molecular weight excluding hydrogens is 388 g/mol. The summed E-state index contributed by atoms with van der Waals surface area (Å²) in [7, 11) is 0.